The number of nitrogens with zero attached hydrogens (tertiary/aromatic N) is 2. The third kappa shape index (κ3) is 2.87. The molecule has 0 saturated carbocycles. The summed E-state index contributed by atoms with van der Waals surface area (Å²) in [4.78, 5) is 0. The fourth-order valence-electron chi connectivity index (χ4n) is 1.73. The lowest BCUT2D eigenvalue weighted by atomic mass is 10.2. The van der Waals surface area contributed by atoms with Crippen LogP contribution in [0.4, 0.5) is 4.39 Å². The van der Waals surface area contributed by atoms with Crippen molar-refractivity contribution in [2.24, 2.45) is 7.05 Å². The van der Waals surface area contributed by atoms with E-state index in [1.165, 1.54) is 6.07 Å². The summed E-state index contributed by atoms with van der Waals surface area (Å²) in [5.41, 5.74) is 1.57. The molecule has 0 aliphatic rings. The Morgan fingerprint density at radius 2 is 2.22 bits per heavy atom. The number of halogens is 1. The zero-order chi connectivity index (χ0) is 13.0. The van der Waals surface area contributed by atoms with Crippen molar-refractivity contribution in [2.75, 3.05) is 7.05 Å². The second-order valence-electron chi connectivity index (χ2n) is 4.03. The van der Waals surface area contributed by atoms with Crippen molar-refractivity contribution in [3.8, 4) is 5.75 Å². The van der Waals surface area contributed by atoms with Crippen LogP contribution in [0.15, 0.2) is 30.5 Å². The average Bonchev–Trinajstić information content (AvgIpc) is 2.75. The summed E-state index contributed by atoms with van der Waals surface area (Å²) >= 11 is 0. The van der Waals surface area contributed by atoms with Crippen molar-refractivity contribution in [3.63, 3.8) is 0 Å². The van der Waals surface area contributed by atoms with E-state index in [-0.39, 0.29) is 18.2 Å². The summed E-state index contributed by atoms with van der Waals surface area (Å²) in [5, 5.41) is 7.17. The summed E-state index contributed by atoms with van der Waals surface area (Å²) in [6.45, 7) is 0.827. The average molecular weight is 249 g/mol. The van der Waals surface area contributed by atoms with E-state index in [0.29, 0.717) is 6.54 Å². The van der Waals surface area contributed by atoms with Crippen molar-refractivity contribution in [1.29, 1.82) is 0 Å². The highest BCUT2D eigenvalue weighted by atomic mass is 19.1. The largest absolute Gasteiger partial charge is 0.484 e. The molecule has 0 aliphatic carbocycles. The maximum Gasteiger partial charge on any atom is 0.165 e. The minimum Gasteiger partial charge on any atom is -0.484 e. The molecule has 2 aromatic rings. The lowest BCUT2D eigenvalue weighted by Gasteiger charge is -2.11. The Morgan fingerprint density at radius 3 is 2.89 bits per heavy atom. The number of hydrogen-bond acceptors (Lipinski definition) is 3. The fraction of sp³-hybridized carbons (Fsp3) is 0.308. The molecular formula is C13H16FN3O. The van der Waals surface area contributed by atoms with Crippen molar-refractivity contribution in [2.45, 2.75) is 13.2 Å². The molecule has 4 nitrogen and oxygen atoms in total. The van der Waals surface area contributed by atoms with Gasteiger partial charge in [-0.25, -0.2) is 4.39 Å². The van der Waals surface area contributed by atoms with Gasteiger partial charge in [-0.1, -0.05) is 12.1 Å². The molecule has 18 heavy (non-hydrogen) atoms. The van der Waals surface area contributed by atoms with Crippen LogP contribution in [0.5, 0.6) is 5.75 Å². The van der Waals surface area contributed by atoms with Crippen LogP contribution < -0.4 is 10.1 Å². The molecule has 1 aromatic heterocycles. The Balaban J connectivity index is 2.12. The van der Waals surface area contributed by atoms with Gasteiger partial charge in [0.2, 0.25) is 0 Å². The van der Waals surface area contributed by atoms with Crippen molar-refractivity contribution in [3.05, 3.63) is 47.5 Å². The third-order valence-electron chi connectivity index (χ3n) is 2.55. The molecule has 0 aliphatic heterocycles. The summed E-state index contributed by atoms with van der Waals surface area (Å²) in [7, 11) is 3.65. The van der Waals surface area contributed by atoms with Crippen LogP contribution in [0.2, 0.25) is 0 Å². The molecule has 0 amide bonds. The third-order valence-corrected chi connectivity index (χ3v) is 2.55. The highest BCUT2D eigenvalue weighted by Gasteiger charge is 2.10. The van der Waals surface area contributed by atoms with Crippen LogP contribution in [0.1, 0.15) is 11.3 Å². The van der Waals surface area contributed by atoms with Crippen LogP contribution >= 0.6 is 0 Å². The number of para-hydroxylation sites is 1. The lowest BCUT2D eigenvalue weighted by molar-refractivity contribution is 0.281. The van der Waals surface area contributed by atoms with Gasteiger partial charge in [-0.15, -0.1) is 0 Å². The molecule has 0 atom stereocenters. The molecule has 96 valence electrons. The molecule has 1 N–H and O–H groups in total. The van der Waals surface area contributed by atoms with Crippen molar-refractivity contribution >= 4 is 0 Å². The monoisotopic (exact) mass is 249 g/mol. The first kappa shape index (κ1) is 12.6. The summed E-state index contributed by atoms with van der Waals surface area (Å²) in [5.74, 6) is -0.0591. The Labute approximate surface area is 105 Å². The normalized spacial score (nSPS) is 10.6. The van der Waals surface area contributed by atoms with Crippen LogP contribution in [0, 0.1) is 5.82 Å². The molecule has 0 radical (unpaired) electrons. The van der Waals surface area contributed by atoms with Gasteiger partial charge in [0.1, 0.15) is 6.61 Å². The van der Waals surface area contributed by atoms with Crippen LogP contribution in [0.25, 0.3) is 0 Å². The minimum absolute atomic E-state index is 0.262. The van der Waals surface area contributed by atoms with E-state index in [2.05, 4.69) is 10.4 Å². The first-order valence-electron chi connectivity index (χ1n) is 5.74. The Bertz CT molecular complexity index is 525. The Hall–Kier alpha value is -1.88. The number of ether oxygens (including phenoxy) is 1. The van der Waals surface area contributed by atoms with Gasteiger partial charge in [0.15, 0.2) is 11.6 Å². The number of hydrogen-bond donors (Lipinski definition) is 1. The molecule has 0 unspecified atom stereocenters. The quantitative estimate of drug-likeness (QED) is 0.879. The van der Waals surface area contributed by atoms with E-state index in [0.717, 1.165) is 11.3 Å². The van der Waals surface area contributed by atoms with E-state index in [1.807, 2.05) is 32.4 Å². The number of benzene rings is 1. The van der Waals surface area contributed by atoms with Crippen LogP contribution in [-0.2, 0) is 20.2 Å². The summed E-state index contributed by atoms with van der Waals surface area (Å²) in [6, 6.07) is 6.76. The standard InChI is InChI=1S/C13H16FN3O/c1-15-8-10-4-3-5-12(14)13(10)18-9-11-6-7-17(2)16-11/h3-7,15H,8-9H2,1-2H3. The molecule has 1 heterocycles. The van der Waals surface area contributed by atoms with Gasteiger partial charge < -0.3 is 10.1 Å². The summed E-state index contributed by atoms with van der Waals surface area (Å²) in [6.07, 6.45) is 1.83. The maximum atomic E-state index is 13.7. The van der Waals surface area contributed by atoms with E-state index >= 15 is 0 Å². The van der Waals surface area contributed by atoms with Gasteiger partial charge in [-0.3, -0.25) is 4.68 Å². The first-order valence-corrected chi connectivity index (χ1v) is 5.74. The predicted octanol–water partition coefficient (Wildman–Crippen LogP) is 1.86. The minimum atomic E-state index is -0.348. The molecule has 5 heteroatoms. The molecule has 0 spiro atoms. The molecule has 0 saturated heterocycles. The Morgan fingerprint density at radius 1 is 1.39 bits per heavy atom. The van der Waals surface area contributed by atoms with Crippen molar-refractivity contribution in [1.82, 2.24) is 15.1 Å². The van der Waals surface area contributed by atoms with Gasteiger partial charge in [-0.05, 0) is 19.2 Å². The highest BCUT2D eigenvalue weighted by Crippen LogP contribution is 2.23. The lowest BCUT2D eigenvalue weighted by Crippen LogP contribution is -2.09. The van der Waals surface area contributed by atoms with Crippen LogP contribution in [-0.4, -0.2) is 16.8 Å². The van der Waals surface area contributed by atoms with E-state index in [1.54, 1.807) is 10.7 Å². The van der Waals surface area contributed by atoms with E-state index in [9.17, 15) is 4.39 Å². The SMILES string of the molecule is CNCc1cccc(F)c1OCc1ccn(C)n1. The van der Waals surface area contributed by atoms with Gasteiger partial charge in [0.05, 0.1) is 5.69 Å². The first-order chi connectivity index (χ1) is 8.70. The fourth-order valence-corrected chi connectivity index (χ4v) is 1.73. The second-order valence-corrected chi connectivity index (χ2v) is 4.03. The summed E-state index contributed by atoms with van der Waals surface area (Å²) < 4.78 is 20.9. The highest BCUT2D eigenvalue weighted by molar-refractivity contribution is 5.35. The molecular weight excluding hydrogens is 233 g/mol. The number of rotatable bonds is 5. The topological polar surface area (TPSA) is 39.1 Å². The maximum absolute atomic E-state index is 13.7. The van der Waals surface area contributed by atoms with Crippen LogP contribution in [0.3, 0.4) is 0 Å². The number of aromatic nitrogens is 2. The van der Waals surface area contributed by atoms with Gasteiger partial charge in [0, 0.05) is 25.4 Å². The molecule has 0 bridgehead atoms. The van der Waals surface area contributed by atoms with E-state index < -0.39 is 0 Å². The molecule has 0 fully saturated rings. The van der Waals surface area contributed by atoms with Crippen molar-refractivity contribution < 1.29 is 9.13 Å². The Kier molecular flexibility index (Phi) is 3.94. The zero-order valence-electron chi connectivity index (χ0n) is 10.5. The van der Waals surface area contributed by atoms with Gasteiger partial charge in [-0.2, -0.15) is 5.10 Å². The second kappa shape index (κ2) is 5.64. The number of aryl methyl sites for hydroxylation is 1. The van der Waals surface area contributed by atoms with Gasteiger partial charge >= 0.3 is 0 Å². The zero-order valence-corrected chi connectivity index (χ0v) is 10.5. The van der Waals surface area contributed by atoms with E-state index in [4.69, 9.17) is 4.74 Å². The molecule has 2 rings (SSSR count). The molecule has 1 aromatic carbocycles. The smallest absolute Gasteiger partial charge is 0.165 e. The number of nitrogens with one attached hydrogen (secondary N) is 1. The van der Waals surface area contributed by atoms with Gasteiger partial charge in [0.25, 0.3) is 0 Å². The predicted molar refractivity (Wildman–Crippen MR) is 66.7 cm³/mol.